The highest BCUT2D eigenvalue weighted by Gasteiger charge is 2.15. The number of hydrogen-bond acceptors (Lipinski definition) is 1. The Balaban J connectivity index is 2.47. The second kappa shape index (κ2) is 3.13. The summed E-state index contributed by atoms with van der Waals surface area (Å²) >= 11 is 0. The number of aromatic amines is 1. The molecule has 0 fully saturated rings. The van der Waals surface area contributed by atoms with Gasteiger partial charge in [0.05, 0.1) is 0 Å². The molecule has 0 aliphatic heterocycles. The van der Waals surface area contributed by atoms with Gasteiger partial charge in [0.25, 0.3) is 0 Å². The zero-order valence-electron chi connectivity index (χ0n) is 9.61. The van der Waals surface area contributed by atoms with Gasteiger partial charge >= 0.3 is 5.97 Å². The first-order valence-electron chi connectivity index (χ1n) is 5.39. The summed E-state index contributed by atoms with van der Waals surface area (Å²) < 4.78 is 1.67. The number of carboxylic acids is 1. The van der Waals surface area contributed by atoms with Crippen LogP contribution in [0.15, 0.2) is 24.3 Å². The van der Waals surface area contributed by atoms with E-state index in [0.717, 1.165) is 21.9 Å². The van der Waals surface area contributed by atoms with Crippen LogP contribution in [0.2, 0.25) is 0 Å². The van der Waals surface area contributed by atoms with Crippen LogP contribution in [-0.2, 0) is 7.05 Å². The molecular formula is C13H12N2O2. The molecule has 0 bridgehead atoms. The van der Waals surface area contributed by atoms with Gasteiger partial charge in [-0.25, -0.2) is 4.79 Å². The van der Waals surface area contributed by atoms with Gasteiger partial charge in [-0.1, -0.05) is 11.6 Å². The molecule has 0 atom stereocenters. The number of rotatable bonds is 1. The van der Waals surface area contributed by atoms with Gasteiger partial charge in [-0.2, -0.15) is 0 Å². The van der Waals surface area contributed by atoms with E-state index >= 15 is 0 Å². The van der Waals surface area contributed by atoms with Gasteiger partial charge in [-0.15, -0.1) is 0 Å². The summed E-state index contributed by atoms with van der Waals surface area (Å²) in [6, 6.07) is 7.84. The Morgan fingerprint density at radius 2 is 2.06 bits per heavy atom. The van der Waals surface area contributed by atoms with Crippen molar-refractivity contribution in [2.75, 3.05) is 0 Å². The van der Waals surface area contributed by atoms with Crippen molar-refractivity contribution < 1.29 is 9.90 Å². The lowest BCUT2D eigenvalue weighted by molar-refractivity contribution is 0.0687. The topological polar surface area (TPSA) is 58.0 Å². The minimum atomic E-state index is -0.905. The van der Waals surface area contributed by atoms with Crippen molar-refractivity contribution in [2.24, 2.45) is 7.05 Å². The number of aromatic nitrogens is 2. The van der Waals surface area contributed by atoms with Gasteiger partial charge in [0.2, 0.25) is 0 Å². The summed E-state index contributed by atoms with van der Waals surface area (Å²) in [6.07, 6.45) is 0. The lowest BCUT2D eigenvalue weighted by atomic mass is 10.1. The van der Waals surface area contributed by atoms with Gasteiger partial charge in [0.15, 0.2) is 0 Å². The number of carboxylic acid groups (broad SMARTS) is 1. The van der Waals surface area contributed by atoms with Crippen LogP contribution >= 0.6 is 0 Å². The van der Waals surface area contributed by atoms with Crippen LogP contribution in [0, 0.1) is 6.92 Å². The molecule has 0 amide bonds. The van der Waals surface area contributed by atoms with E-state index in [1.54, 1.807) is 17.7 Å². The molecule has 17 heavy (non-hydrogen) atoms. The smallest absolute Gasteiger partial charge is 0.352 e. The number of carbonyl (C=O) groups is 1. The van der Waals surface area contributed by atoms with Gasteiger partial charge < -0.3 is 14.7 Å². The van der Waals surface area contributed by atoms with E-state index in [0.29, 0.717) is 5.69 Å². The van der Waals surface area contributed by atoms with Crippen molar-refractivity contribution in [3.63, 3.8) is 0 Å². The Hall–Kier alpha value is -2.23. The molecule has 0 unspecified atom stereocenters. The van der Waals surface area contributed by atoms with Gasteiger partial charge in [-0.3, -0.25) is 0 Å². The third kappa shape index (κ3) is 1.27. The quantitative estimate of drug-likeness (QED) is 0.672. The molecule has 0 aliphatic carbocycles. The summed E-state index contributed by atoms with van der Waals surface area (Å²) in [6.45, 7) is 2.03. The number of nitrogens with zero attached hydrogens (tertiary/aromatic N) is 1. The standard InChI is InChI=1S/C13H12N2O2/c1-7-3-4-10-8(5-7)9-6-11(13(16)17)15(2)12(9)14-10/h3-6,14H,1-2H3,(H,16,17). The zero-order valence-corrected chi connectivity index (χ0v) is 9.61. The fraction of sp³-hybridized carbons (Fsp3) is 0.154. The SMILES string of the molecule is Cc1ccc2[nH]c3c(cc(C(=O)O)n3C)c2c1. The first-order valence-corrected chi connectivity index (χ1v) is 5.39. The minimum Gasteiger partial charge on any atom is -0.477 e. The van der Waals surface area contributed by atoms with Gasteiger partial charge in [0, 0.05) is 23.3 Å². The Morgan fingerprint density at radius 3 is 2.76 bits per heavy atom. The molecule has 0 spiro atoms. The minimum absolute atomic E-state index is 0.301. The van der Waals surface area contributed by atoms with E-state index in [4.69, 9.17) is 5.11 Å². The molecule has 0 saturated carbocycles. The van der Waals surface area contributed by atoms with Crippen LogP contribution in [-0.4, -0.2) is 20.6 Å². The van der Waals surface area contributed by atoms with Crippen LogP contribution in [0.5, 0.6) is 0 Å². The molecule has 0 radical (unpaired) electrons. The Labute approximate surface area is 97.5 Å². The van der Waals surface area contributed by atoms with E-state index < -0.39 is 5.97 Å². The average molecular weight is 228 g/mol. The molecule has 3 aromatic rings. The summed E-state index contributed by atoms with van der Waals surface area (Å²) in [5.74, 6) is -0.905. The Kier molecular flexibility index (Phi) is 1.84. The Morgan fingerprint density at radius 1 is 1.29 bits per heavy atom. The monoisotopic (exact) mass is 228 g/mol. The predicted molar refractivity (Wildman–Crippen MR) is 66.5 cm³/mol. The third-order valence-corrected chi connectivity index (χ3v) is 3.17. The maximum atomic E-state index is 11.1. The molecule has 3 rings (SSSR count). The van der Waals surface area contributed by atoms with Crippen LogP contribution in [0.3, 0.4) is 0 Å². The van der Waals surface area contributed by atoms with E-state index in [-0.39, 0.29) is 0 Å². The maximum Gasteiger partial charge on any atom is 0.352 e. The highest BCUT2D eigenvalue weighted by molar-refractivity contribution is 6.09. The van der Waals surface area contributed by atoms with Gasteiger partial charge in [0.1, 0.15) is 11.3 Å². The first kappa shape index (κ1) is 9.96. The van der Waals surface area contributed by atoms with E-state index in [2.05, 4.69) is 11.1 Å². The number of nitrogens with one attached hydrogen (secondary N) is 1. The largest absolute Gasteiger partial charge is 0.477 e. The molecule has 2 heterocycles. The number of aromatic carboxylic acids is 1. The molecule has 2 aromatic heterocycles. The van der Waals surface area contributed by atoms with Crippen molar-refractivity contribution in [1.82, 2.24) is 9.55 Å². The van der Waals surface area contributed by atoms with Crippen molar-refractivity contribution in [1.29, 1.82) is 0 Å². The maximum absolute atomic E-state index is 11.1. The van der Waals surface area contributed by atoms with Crippen molar-refractivity contribution in [3.05, 3.63) is 35.5 Å². The summed E-state index contributed by atoms with van der Waals surface area (Å²) in [7, 11) is 1.76. The predicted octanol–water partition coefficient (Wildman–Crippen LogP) is 2.67. The highest BCUT2D eigenvalue weighted by atomic mass is 16.4. The van der Waals surface area contributed by atoms with Crippen LogP contribution < -0.4 is 0 Å². The molecule has 4 nitrogen and oxygen atoms in total. The van der Waals surface area contributed by atoms with E-state index in [1.807, 2.05) is 19.1 Å². The third-order valence-electron chi connectivity index (χ3n) is 3.17. The van der Waals surface area contributed by atoms with Crippen molar-refractivity contribution in [3.8, 4) is 0 Å². The van der Waals surface area contributed by atoms with E-state index in [1.165, 1.54) is 5.56 Å². The summed E-state index contributed by atoms with van der Waals surface area (Å²) in [4.78, 5) is 14.3. The number of aryl methyl sites for hydroxylation is 2. The molecule has 1 aromatic carbocycles. The van der Waals surface area contributed by atoms with Crippen LogP contribution in [0.25, 0.3) is 21.9 Å². The molecule has 0 aliphatic rings. The fourth-order valence-electron chi connectivity index (χ4n) is 2.28. The number of fused-ring (bicyclic) bond motifs is 3. The molecule has 86 valence electrons. The zero-order chi connectivity index (χ0) is 12.2. The second-order valence-corrected chi connectivity index (χ2v) is 4.33. The molecule has 2 N–H and O–H groups in total. The lowest BCUT2D eigenvalue weighted by Crippen LogP contribution is -2.03. The van der Waals surface area contributed by atoms with Crippen LogP contribution in [0.1, 0.15) is 16.1 Å². The normalized spacial score (nSPS) is 11.4. The summed E-state index contributed by atoms with van der Waals surface area (Å²) in [5.41, 5.74) is 3.35. The lowest BCUT2D eigenvalue weighted by Gasteiger charge is -1.97. The van der Waals surface area contributed by atoms with E-state index in [9.17, 15) is 4.79 Å². The summed E-state index contributed by atoms with van der Waals surface area (Å²) in [5, 5.41) is 11.1. The average Bonchev–Trinajstić information content (AvgIpc) is 2.77. The number of H-pyrrole nitrogens is 1. The second-order valence-electron chi connectivity index (χ2n) is 4.33. The number of benzene rings is 1. The Bertz CT molecular complexity index is 750. The van der Waals surface area contributed by atoms with Crippen molar-refractivity contribution in [2.45, 2.75) is 6.92 Å². The fourth-order valence-corrected chi connectivity index (χ4v) is 2.28. The molecule has 4 heteroatoms. The van der Waals surface area contributed by atoms with Crippen molar-refractivity contribution >= 4 is 27.9 Å². The first-order chi connectivity index (χ1) is 8.08. The van der Waals surface area contributed by atoms with Crippen LogP contribution in [0.4, 0.5) is 0 Å². The number of hydrogen-bond donors (Lipinski definition) is 2. The molecule has 0 saturated heterocycles. The molecular weight excluding hydrogens is 216 g/mol. The highest BCUT2D eigenvalue weighted by Crippen LogP contribution is 2.28. The van der Waals surface area contributed by atoms with Gasteiger partial charge in [-0.05, 0) is 25.1 Å².